The van der Waals surface area contributed by atoms with E-state index in [4.69, 9.17) is 4.74 Å². The molecule has 2 aliphatic heterocycles. The number of rotatable bonds is 6. The third-order valence-electron chi connectivity index (χ3n) is 8.69. The first-order valence-electron chi connectivity index (χ1n) is 13.9. The molecule has 1 aromatic carbocycles. The molecule has 0 spiro atoms. The third-order valence-corrected chi connectivity index (χ3v) is 8.69. The Kier molecular flexibility index (Phi) is 6.45. The Balaban J connectivity index is 1.22. The molecule has 2 saturated heterocycles. The van der Waals surface area contributed by atoms with Crippen LogP contribution in [0.5, 0.6) is 0 Å². The molecule has 2 aromatic heterocycles. The molecule has 0 bridgehead atoms. The molecule has 1 atom stereocenters. The average Bonchev–Trinajstić information content (AvgIpc) is 3.70. The Morgan fingerprint density at radius 2 is 1.78 bits per heavy atom. The number of anilines is 1. The van der Waals surface area contributed by atoms with Crippen LogP contribution in [0.1, 0.15) is 45.1 Å². The van der Waals surface area contributed by atoms with Gasteiger partial charge in [-0.1, -0.05) is 24.3 Å². The molecule has 1 unspecified atom stereocenters. The zero-order chi connectivity index (χ0) is 25.6. The Hall–Kier alpha value is -2.90. The number of aromatic nitrogens is 2. The molecule has 1 amide bonds. The largest absolute Gasteiger partial charge is 0.372 e. The summed E-state index contributed by atoms with van der Waals surface area (Å²) >= 11 is 0. The molecule has 1 saturated carbocycles. The van der Waals surface area contributed by atoms with Gasteiger partial charge < -0.3 is 14.5 Å². The van der Waals surface area contributed by atoms with Crippen molar-refractivity contribution >= 4 is 17.1 Å². The minimum atomic E-state index is -0.246. The normalized spacial score (nSPS) is 23.2. The second-order valence-corrected chi connectivity index (χ2v) is 11.3. The molecule has 1 aliphatic carbocycles. The van der Waals surface area contributed by atoms with Crippen LogP contribution in [0.4, 0.5) is 5.69 Å². The summed E-state index contributed by atoms with van der Waals surface area (Å²) in [7, 11) is 1.85. The number of nitrogens with zero attached hydrogens (tertiary/aromatic N) is 5. The first-order chi connectivity index (χ1) is 18.0. The predicted molar refractivity (Wildman–Crippen MR) is 147 cm³/mol. The van der Waals surface area contributed by atoms with E-state index in [1.807, 2.05) is 17.8 Å². The number of piperidine rings is 1. The van der Waals surface area contributed by atoms with Gasteiger partial charge in [-0.05, 0) is 69.3 Å². The van der Waals surface area contributed by atoms with Crippen molar-refractivity contribution < 1.29 is 9.53 Å². The van der Waals surface area contributed by atoms with Crippen LogP contribution < -0.4 is 4.90 Å². The summed E-state index contributed by atoms with van der Waals surface area (Å²) in [5, 5.41) is 4.60. The fourth-order valence-corrected chi connectivity index (χ4v) is 6.16. The Labute approximate surface area is 220 Å². The van der Waals surface area contributed by atoms with Gasteiger partial charge in [0.25, 0.3) is 0 Å². The van der Waals surface area contributed by atoms with Crippen LogP contribution in [0.3, 0.4) is 0 Å². The number of carbonyl (C=O) groups is 1. The molecule has 0 N–H and O–H groups in total. The molecule has 0 radical (unpaired) electrons. The van der Waals surface area contributed by atoms with Gasteiger partial charge in [-0.3, -0.25) is 9.69 Å². The van der Waals surface area contributed by atoms with Gasteiger partial charge in [0.05, 0.1) is 11.2 Å². The molecule has 37 heavy (non-hydrogen) atoms. The van der Waals surface area contributed by atoms with Gasteiger partial charge in [0, 0.05) is 69.8 Å². The summed E-state index contributed by atoms with van der Waals surface area (Å²) in [5.41, 5.74) is 5.65. The number of ether oxygens (including phenoxy) is 1. The van der Waals surface area contributed by atoms with E-state index >= 15 is 0 Å². The van der Waals surface area contributed by atoms with E-state index in [-0.39, 0.29) is 5.60 Å². The zero-order valence-electron chi connectivity index (χ0n) is 22.4. The maximum atomic E-state index is 12.5. The molecular formula is C30H39N5O2. The minimum absolute atomic E-state index is 0.246. The lowest BCUT2D eigenvalue weighted by atomic mass is 9.84. The molecule has 6 rings (SSSR count). The highest BCUT2D eigenvalue weighted by molar-refractivity contribution is 5.82. The number of amides is 1. The van der Waals surface area contributed by atoms with E-state index in [1.165, 1.54) is 16.8 Å². The monoisotopic (exact) mass is 501 g/mol. The predicted octanol–water partition coefficient (Wildman–Crippen LogP) is 4.41. The SMILES string of the molecule is COC1(c2ccc(-c3cc4c(N5CCN(C(=O)C6CC6)CC5)ccnn4c3)cc2)CCCN(C(C)C)C1. The van der Waals surface area contributed by atoms with Gasteiger partial charge in [0.1, 0.15) is 5.60 Å². The summed E-state index contributed by atoms with van der Waals surface area (Å²) in [6.07, 6.45) is 8.34. The Morgan fingerprint density at radius 1 is 1.03 bits per heavy atom. The number of carbonyl (C=O) groups excluding carboxylic acids is 1. The van der Waals surface area contributed by atoms with Crippen LogP contribution in [-0.4, -0.2) is 77.7 Å². The number of hydrogen-bond donors (Lipinski definition) is 0. The lowest BCUT2D eigenvalue weighted by molar-refractivity contribution is -0.132. The summed E-state index contributed by atoms with van der Waals surface area (Å²) < 4.78 is 8.16. The van der Waals surface area contributed by atoms with Gasteiger partial charge in [-0.25, -0.2) is 4.52 Å². The topological polar surface area (TPSA) is 53.3 Å². The molecule has 7 nitrogen and oxygen atoms in total. The number of fused-ring (bicyclic) bond motifs is 1. The first kappa shape index (κ1) is 24.4. The standard InChI is InChI=1S/C30H39N5O2/c1-22(2)34-14-4-12-30(21-34,37-3)26-9-7-23(8-10-26)25-19-28-27(11-13-31-35(28)20-25)32-15-17-33(18-16-32)29(36)24-5-6-24/h7-11,13,19-20,22,24H,4-6,12,14-18,21H2,1-3H3. The molecule has 7 heteroatoms. The van der Waals surface area contributed by atoms with E-state index in [0.717, 1.165) is 76.0 Å². The molecule has 3 fully saturated rings. The second kappa shape index (κ2) is 9.76. The summed E-state index contributed by atoms with van der Waals surface area (Å²) in [5.74, 6) is 0.651. The van der Waals surface area contributed by atoms with Crippen LogP contribution >= 0.6 is 0 Å². The number of hydrogen-bond acceptors (Lipinski definition) is 5. The molecule has 3 aromatic rings. The van der Waals surface area contributed by atoms with Crippen LogP contribution in [-0.2, 0) is 15.1 Å². The Morgan fingerprint density at radius 3 is 2.46 bits per heavy atom. The van der Waals surface area contributed by atoms with Crippen molar-refractivity contribution in [1.82, 2.24) is 19.4 Å². The van der Waals surface area contributed by atoms with Gasteiger partial charge in [0.15, 0.2) is 0 Å². The van der Waals surface area contributed by atoms with Crippen molar-refractivity contribution in [2.75, 3.05) is 51.3 Å². The van der Waals surface area contributed by atoms with Crippen molar-refractivity contribution in [1.29, 1.82) is 0 Å². The quantitative estimate of drug-likeness (QED) is 0.501. The maximum absolute atomic E-state index is 12.5. The summed E-state index contributed by atoms with van der Waals surface area (Å²) in [6, 6.07) is 13.8. The number of benzene rings is 1. The van der Waals surface area contributed by atoms with Crippen LogP contribution in [0.2, 0.25) is 0 Å². The van der Waals surface area contributed by atoms with E-state index in [1.54, 1.807) is 0 Å². The van der Waals surface area contributed by atoms with Gasteiger partial charge in [0.2, 0.25) is 5.91 Å². The number of likely N-dealkylation sites (tertiary alicyclic amines) is 1. The van der Waals surface area contributed by atoms with Gasteiger partial charge in [-0.15, -0.1) is 0 Å². The van der Waals surface area contributed by atoms with E-state index in [2.05, 4.69) is 76.2 Å². The first-order valence-corrected chi connectivity index (χ1v) is 13.9. The van der Waals surface area contributed by atoms with E-state index in [9.17, 15) is 4.79 Å². The maximum Gasteiger partial charge on any atom is 0.225 e. The van der Waals surface area contributed by atoms with Crippen molar-refractivity contribution in [3.8, 4) is 11.1 Å². The lowest BCUT2D eigenvalue weighted by Gasteiger charge is -2.44. The highest BCUT2D eigenvalue weighted by Crippen LogP contribution is 2.37. The van der Waals surface area contributed by atoms with Gasteiger partial charge in [-0.2, -0.15) is 5.10 Å². The third kappa shape index (κ3) is 4.64. The summed E-state index contributed by atoms with van der Waals surface area (Å²) in [6.45, 7) is 9.93. The fourth-order valence-electron chi connectivity index (χ4n) is 6.16. The zero-order valence-corrected chi connectivity index (χ0v) is 22.4. The van der Waals surface area contributed by atoms with Crippen LogP contribution in [0.25, 0.3) is 16.6 Å². The highest BCUT2D eigenvalue weighted by Gasteiger charge is 2.38. The summed E-state index contributed by atoms with van der Waals surface area (Å²) in [4.78, 5) is 19.4. The highest BCUT2D eigenvalue weighted by atomic mass is 16.5. The van der Waals surface area contributed by atoms with Crippen molar-refractivity contribution in [3.05, 3.63) is 54.4 Å². The minimum Gasteiger partial charge on any atom is -0.372 e. The van der Waals surface area contributed by atoms with E-state index < -0.39 is 0 Å². The van der Waals surface area contributed by atoms with Crippen LogP contribution in [0.15, 0.2) is 48.8 Å². The van der Waals surface area contributed by atoms with Crippen molar-refractivity contribution in [3.63, 3.8) is 0 Å². The fraction of sp³-hybridized carbons (Fsp3) is 0.533. The second-order valence-electron chi connectivity index (χ2n) is 11.3. The van der Waals surface area contributed by atoms with Crippen molar-refractivity contribution in [2.45, 2.75) is 51.2 Å². The number of piperazine rings is 1. The molecule has 4 heterocycles. The Bertz CT molecular complexity index is 1260. The average molecular weight is 502 g/mol. The van der Waals surface area contributed by atoms with E-state index in [0.29, 0.717) is 17.9 Å². The smallest absolute Gasteiger partial charge is 0.225 e. The number of methoxy groups -OCH3 is 1. The van der Waals surface area contributed by atoms with Crippen molar-refractivity contribution in [2.24, 2.45) is 5.92 Å². The van der Waals surface area contributed by atoms with Gasteiger partial charge >= 0.3 is 0 Å². The van der Waals surface area contributed by atoms with Crippen LogP contribution in [0, 0.1) is 5.92 Å². The lowest BCUT2D eigenvalue weighted by Crippen LogP contribution is -2.49. The molecule has 196 valence electrons. The molecule has 3 aliphatic rings. The molecular weight excluding hydrogens is 462 g/mol.